The average molecular weight is 233 g/mol. The van der Waals surface area contributed by atoms with Crippen LogP contribution in [0.15, 0.2) is 24.3 Å². The second kappa shape index (κ2) is 3.78. The van der Waals surface area contributed by atoms with Crippen molar-refractivity contribution >= 4 is 17.2 Å². The van der Waals surface area contributed by atoms with Crippen LogP contribution in [0, 0.1) is 17.0 Å². The molecule has 2 aromatic rings. The summed E-state index contributed by atoms with van der Waals surface area (Å²) in [6.45, 7) is 1.74. The number of hydrogen-bond acceptors (Lipinski definition) is 5. The summed E-state index contributed by atoms with van der Waals surface area (Å²) in [6, 6.07) is 5.92. The maximum atomic E-state index is 10.5. The minimum absolute atomic E-state index is 0.0178. The van der Waals surface area contributed by atoms with Crippen LogP contribution < -0.4 is 11.5 Å². The molecule has 0 amide bonds. The number of aryl methyl sites for hydroxylation is 1. The van der Waals surface area contributed by atoms with Gasteiger partial charge in [0.05, 0.1) is 22.0 Å². The number of hydrogen-bond donors (Lipinski definition) is 2. The summed E-state index contributed by atoms with van der Waals surface area (Å²) in [5.74, 6) is 0.330. The van der Waals surface area contributed by atoms with E-state index in [9.17, 15) is 10.1 Å². The SMILES string of the molecule is Cc1nn(-c2ccc([N+](=O)[O-])cc2)c(N)c1N. The number of anilines is 2. The van der Waals surface area contributed by atoms with Crippen LogP contribution >= 0.6 is 0 Å². The molecule has 0 saturated carbocycles. The predicted molar refractivity (Wildman–Crippen MR) is 63.8 cm³/mol. The lowest BCUT2D eigenvalue weighted by Crippen LogP contribution is -2.03. The Hall–Kier alpha value is -2.57. The standard InChI is InChI=1S/C10H11N5O2/c1-6-9(11)10(12)14(13-6)7-2-4-8(5-3-7)15(16)17/h2-5H,11-12H2,1H3. The Morgan fingerprint density at radius 2 is 1.88 bits per heavy atom. The molecule has 0 unspecified atom stereocenters. The van der Waals surface area contributed by atoms with E-state index in [4.69, 9.17) is 11.5 Å². The average Bonchev–Trinajstić information content (AvgIpc) is 2.57. The molecule has 4 N–H and O–H groups in total. The molecule has 2 rings (SSSR count). The molecule has 1 aromatic heterocycles. The predicted octanol–water partition coefficient (Wildman–Crippen LogP) is 1.25. The highest BCUT2D eigenvalue weighted by Gasteiger charge is 2.11. The number of nitro groups is 1. The lowest BCUT2D eigenvalue weighted by molar-refractivity contribution is -0.384. The van der Waals surface area contributed by atoms with Crippen LogP contribution in [0.1, 0.15) is 5.69 Å². The van der Waals surface area contributed by atoms with Crippen molar-refractivity contribution in [2.75, 3.05) is 11.5 Å². The zero-order chi connectivity index (χ0) is 12.6. The van der Waals surface area contributed by atoms with Gasteiger partial charge in [-0.15, -0.1) is 0 Å². The second-order valence-corrected chi connectivity index (χ2v) is 3.57. The number of non-ortho nitro benzene ring substituents is 1. The van der Waals surface area contributed by atoms with E-state index >= 15 is 0 Å². The summed E-state index contributed by atoms with van der Waals surface area (Å²) < 4.78 is 1.45. The third-order valence-electron chi connectivity index (χ3n) is 2.45. The first-order valence-electron chi connectivity index (χ1n) is 4.86. The maximum Gasteiger partial charge on any atom is 0.269 e. The van der Waals surface area contributed by atoms with E-state index in [0.29, 0.717) is 22.9 Å². The van der Waals surface area contributed by atoms with Gasteiger partial charge in [0.15, 0.2) is 5.82 Å². The number of aromatic nitrogens is 2. The number of benzene rings is 1. The highest BCUT2D eigenvalue weighted by atomic mass is 16.6. The highest BCUT2D eigenvalue weighted by Crippen LogP contribution is 2.23. The fourth-order valence-electron chi connectivity index (χ4n) is 1.47. The molecule has 0 saturated heterocycles. The zero-order valence-corrected chi connectivity index (χ0v) is 9.12. The number of nitro benzene ring substituents is 1. The third kappa shape index (κ3) is 1.78. The summed E-state index contributed by atoms with van der Waals surface area (Å²) in [5.41, 5.74) is 13.2. The molecular formula is C10H11N5O2. The van der Waals surface area contributed by atoms with Crippen molar-refractivity contribution in [3.05, 3.63) is 40.1 Å². The van der Waals surface area contributed by atoms with Crippen LogP contribution in [0.25, 0.3) is 5.69 Å². The van der Waals surface area contributed by atoms with E-state index in [-0.39, 0.29) is 5.69 Å². The topological polar surface area (TPSA) is 113 Å². The van der Waals surface area contributed by atoms with Crippen LogP contribution in [-0.2, 0) is 0 Å². The van der Waals surface area contributed by atoms with Gasteiger partial charge in [-0.3, -0.25) is 10.1 Å². The molecule has 0 atom stereocenters. The van der Waals surface area contributed by atoms with Gasteiger partial charge in [0.1, 0.15) is 0 Å². The van der Waals surface area contributed by atoms with Gasteiger partial charge in [-0.25, -0.2) is 4.68 Å². The number of nitrogens with two attached hydrogens (primary N) is 2. The quantitative estimate of drug-likeness (QED) is 0.598. The van der Waals surface area contributed by atoms with Gasteiger partial charge >= 0.3 is 0 Å². The van der Waals surface area contributed by atoms with E-state index < -0.39 is 4.92 Å². The molecule has 0 aliphatic heterocycles. The summed E-state index contributed by atoms with van der Waals surface area (Å²) in [7, 11) is 0. The van der Waals surface area contributed by atoms with Crippen molar-refractivity contribution in [1.82, 2.24) is 9.78 Å². The first kappa shape index (κ1) is 10.9. The minimum atomic E-state index is -0.462. The Bertz CT molecular complexity index is 573. The molecule has 0 aliphatic carbocycles. The lowest BCUT2D eigenvalue weighted by atomic mass is 10.3. The normalized spacial score (nSPS) is 10.4. The first-order valence-corrected chi connectivity index (χ1v) is 4.86. The summed E-state index contributed by atoms with van der Waals surface area (Å²) >= 11 is 0. The lowest BCUT2D eigenvalue weighted by Gasteiger charge is -2.03. The molecule has 1 aromatic carbocycles. The molecule has 1 heterocycles. The molecule has 7 nitrogen and oxygen atoms in total. The Balaban J connectivity index is 2.47. The number of nitrogens with zero attached hydrogens (tertiary/aromatic N) is 3. The van der Waals surface area contributed by atoms with Gasteiger partial charge in [0.2, 0.25) is 0 Å². The van der Waals surface area contributed by atoms with Gasteiger partial charge in [0, 0.05) is 12.1 Å². The molecule has 7 heteroatoms. The number of rotatable bonds is 2. The van der Waals surface area contributed by atoms with Crippen LogP contribution in [-0.4, -0.2) is 14.7 Å². The van der Waals surface area contributed by atoms with Crippen molar-refractivity contribution in [3.8, 4) is 5.69 Å². The maximum absolute atomic E-state index is 10.5. The monoisotopic (exact) mass is 233 g/mol. The third-order valence-corrected chi connectivity index (χ3v) is 2.45. The van der Waals surface area contributed by atoms with Crippen molar-refractivity contribution in [3.63, 3.8) is 0 Å². The van der Waals surface area contributed by atoms with Crippen molar-refractivity contribution in [2.24, 2.45) is 0 Å². The van der Waals surface area contributed by atoms with E-state index in [1.807, 2.05) is 0 Å². The van der Waals surface area contributed by atoms with Crippen LogP contribution in [0.3, 0.4) is 0 Å². The molecule has 0 spiro atoms. The highest BCUT2D eigenvalue weighted by molar-refractivity contribution is 5.64. The van der Waals surface area contributed by atoms with E-state index in [1.165, 1.54) is 16.8 Å². The molecule has 0 aliphatic rings. The molecule has 0 fully saturated rings. The Morgan fingerprint density at radius 1 is 1.29 bits per heavy atom. The Kier molecular flexibility index (Phi) is 2.43. The molecular weight excluding hydrogens is 222 g/mol. The Labute approximate surface area is 96.8 Å². The number of nitrogen functional groups attached to an aromatic ring is 2. The molecule has 0 bridgehead atoms. The van der Waals surface area contributed by atoms with Crippen molar-refractivity contribution < 1.29 is 4.92 Å². The van der Waals surface area contributed by atoms with Gasteiger partial charge < -0.3 is 11.5 Å². The van der Waals surface area contributed by atoms with Gasteiger partial charge in [0.25, 0.3) is 5.69 Å². The van der Waals surface area contributed by atoms with Crippen LogP contribution in [0.4, 0.5) is 17.2 Å². The first-order chi connectivity index (χ1) is 8.00. The molecule has 88 valence electrons. The minimum Gasteiger partial charge on any atom is -0.394 e. The zero-order valence-electron chi connectivity index (χ0n) is 9.12. The smallest absolute Gasteiger partial charge is 0.269 e. The summed E-state index contributed by atoms with van der Waals surface area (Å²) in [5, 5.41) is 14.7. The van der Waals surface area contributed by atoms with Crippen molar-refractivity contribution in [1.29, 1.82) is 0 Å². The van der Waals surface area contributed by atoms with E-state index in [2.05, 4.69) is 5.10 Å². The summed E-state index contributed by atoms with van der Waals surface area (Å²) in [4.78, 5) is 10.0. The fraction of sp³-hybridized carbons (Fsp3) is 0.100. The van der Waals surface area contributed by atoms with Gasteiger partial charge in [-0.1, -0.05) is 0 Å². The summed E-state index contributed by atoms with van der Waals surface area (Å²) in [6.07, 6.45) is 0. The van der Waals surface area contributed by atoms with Crippen LogP contribution in [0.2, 0.25) is 0 Å². The van der Waals surface area contributed by atoms with Crippen molar-refractivity contribution in [2.45, 2.75) is 6.92 Å². The van der Waals surface area contributed by atoms with E-state index in [1.54, 1.807) is 19.1 Å². The fourth-order valence-corrected chi connectivity index (χ4v) is 1.47. The molecule has 17 heavy (non-hydrogen) atoms. The second-order valence-electron chi connectivity index (χ2n) is 3.57. The van der Waals surface area contributed by atoms with E-state index in [0.717, 1.165) is 0 Å². The van der Waals surface area contributed by atoms with Gasteiger partial charge in [-0.2, -0.15) is 5.10 Å². The largest absolute Gasteiger partial charge is 0.394 e. The van der Waals surface area contributed by atoms with Crippen LogP contribution in [0.5, 0.6) is 0 Å². The van der Waals surface area contributed by atoms with Gasteiger partial charge in [-0.05, 0) is 19.1 Å². The molecule has 0 radical (unpaired) electrons. The Morgan fingerprint density at radius 3 is 2.29 bits per heavy atom.